The van der Waals surface area contributed by atoms with Crippen LogP contribution in [0.5, 0.6) is 0 Å². The van der Waals surface area contributed by atoms with Gasteiger partial charge in [0, 0.05) is 18.0 Å². The average Bonchev–Trinajstić information content (AvgIpc) is 3.30. The lowest BCUT2D eigenvalue weighted by Crippen LogP contribution is -2.21. The Kier molecular flexibility index (Phi) is 3.61. The number of thioether (sulfide) groups is 1. The lowest BCUT2D eigenvalue weighted by Gasteiger charge is -2.13. The van der Waals surface area contributed by atoms with E-state index in [4.69, 9.17) is 11.6 Å². The molecular weight excluding hydrogens is 334 g/mol. The first kappa shape index (κ1) is 14.7. The van der Waals surface area contributed by atoms with E-state index in [-0.39, 0.29) is 5.56 Å². The van der Waals surface area contributed by atoms with Gasteiger partial charge >= 0.3 is 0 Å². The zero-order valence-electron chi connectivity index (χ0n) is 12.4. The summed E-state index contributed by atoms with van der Waals surface area (Å²) in [6.07, 6.45) is 5.87. The van der Waals surface area contributed by atoms with Crippen molar-refractivity contribution in [1.82, 2.24) is 24.1 Å². The summed E-state index contributed by atoms with van der Waals surface area (Å²) in [6, 6.07) is 5.39. The van der Waals surface area contributed by atoms with Gasteiger partial charge in [-0.15, -0.1) is 5.10 Å². The highest BCUT2D eigenvalue weighted by molar-refractivity contribution is 7.98. The summed E-state index contributed by atoms with van der Waals surface area (Å²) in [6.45, 7) is 0.590. The highest BCUT2D eigenvalue weighted by Gasteiger charge is 2.28. The largest absolute Gasteiger partial charge is 0.309 e. The number of fused-ring (bicyclic) bond motifs is 1. The molecule has 0 bridgehead atoms. The molecule has 0 N–H and O–H groups in total. The third kappa shape index (κ3) is 2.74. The monoisotopic (exact) mass is 347 g/mol. The second kappa shape index (κ2) is 5.65. The Morgan fingerprint density at radius 3 is 2.87 bits per heavy atom. The third-order valence-corrected chi connectivity index (χ3v) is 4.67. The molecule has 118 valence electrons. The van der Waals surface area contributed by atoms with E-state index in [9.17, 15) is 4.79 Å². The van der Waals surface area contributed by atoms with Crippen molar-refractivity contribution in [3.05, 3.63) is 51.2 Å². The number of nitrogens with zero attached hydrogens (tertiary/aromatic N) is 5. The van der Waals surface area contributed by atoms with Gasteiger partial charge in [0.1, 0.15) is 5.15 Å². The number of halogens is 1. The molecule has 3 heterocycles. The van der Waals surface area contributed by atoms with Crippen LogP contribution < -0.4 is 5.56 Å². The highest BCUT2D eigenvalue weighted by Crippen LogP contribution is 2.40. The molecule has 0 saturated heterocycles. The zero-order valence-corrected chi connectivity index (χ0v) is 14.0. The van der Waals surface area contributed by atoms with Gasteiger partial charge in [0.2, 0.25) is 10.9 Å². The fourth-order valence-electron chi connectivity index (χ4n) is 2.64. The van der Waals surface area contributed by atoms with Crippen LogP contribution >= 0.6 is 23.4 Å². The molecule has 1 fully saturated rings. The first-order valence-electron chi connectivity index (χ1n) is 7.30. The molecule has 23 heavy (non-hydrogen) atoms. The van der Waals surface area contributed by atoms with Crippen molar-refractivity contribution in [1.29, 1.82) is 0 Å². The molecule has 0 unspecified atom stereocenters. The molecule has 6 nitrogen and oxygen atoms in total. The predicted molar refractivity (Wildman–Crippen MR) is 89.4 cm³/mol. The molecule has 1 aliphatic rings. The van der Waals surface area contributed by atoms with Gasteiger partial charge in [0.05, 0.1) is 6.54 Å². The van der Waals surface area contributed by atoms with Crippen LogP contribution in [-0.2, 0) is 6.54 Å². The maximum Gasteiger partial charge on any atom is 0.275 e. The molecule has 1 saturated carbocycles. The SMILES string of the molecule is CSc1nc2n(Cc3ccc(Cl)nc3)c(C3CC3)cc(=O)n2n1. The van der Waals surface area contributed by atoms with E-state index < -0.39 is 0 Å². The van der Waals surface area contributed by atoms with E-state index in [1.54, 1.807) is 18.3 Å². The minimum atomic E-state index is -0.125. The van der Waals surface area contributed by atoms with E-state index in [1.165, 1.54) is 16.3 Å². The number of aromatic nitrogens is 5. The quantitative estimate of drug-likeness (QED) is 0.536. The lowest BCUT2D eigenvalue weighted by molar-refractivity contribution is 0.703. The maximum atomic E-state index is 12.3. The lowest BCUT2D eigenvalue weighted by atomic mass is 10.2. The van der Waals surface area contributed by atoms with Gasteiger partial charge in [-0.2, -0.15) is 9.50 Å². The average molecular weight is 348 g/mol. The van der Waals surface area contributed by atoms with E-state index in [1.807, 2.05) is 12.3 Å². The molecule has 0 amide bonds. The van der Waals surface area contributed by atoms with Gasteiger partial charge < -0.3 is 4.57 Å². The summed E-state index contributed by atoms with van der Waals surface area (Å²) < 4.78 is 3.44. The van der Waals surface area contributed by atoms with Gasteiger partial charge in [-0.1, -0.05) is 29.4 Å². The van der Waals surface area contributed by atoms with Crippen molar-refractivity contribution in [3.63, 3.8) is 0 Å². The van der Waals surface area contributed by atoms with Crippen LogP contribution in [0.3, 0.4) is 0 Å². The highest BCUT2D eigenvalue weighted by atomic mass is 35.5. The zero-order chi connectivity index (χ0) is 16.0. The Hall–Kier alpha value is -1.86. The summed E-state index contributed by atoms with van der Waals surface area (Å²) in [7, 11) is 0. The summed E-state index contributed by atoms with van der Waals surface area (Å²) in [5.74, 6) is 1.01. The first-order valence-corrected chi connectivity index (χ1v) is 8.91. The molecule has 3 aromatic rings. The minimum Gasteiger partial charge on any atom is -0.309 e. The Morgan fingerprint density at radius 2 is 2.22 bits per heavy atom. The second-order valence-electron chi connectivity index (χ2n) is 5.57. The van der Waals surface area contributed by atoms with Crippen LogP contribution in [-0.4, -0.2) is 30.4 Å². The second-order valence-corrected chi connectivity index (χ2v) is 6.73. The van der Waals surface area contributed by atoms with Crippen molar-refractivity contribution in [2.24, 2.45) is 0 Å². The van der Waals surface area contributed by atoms with Crippen LogP contribution in [0.4, 0.5) is 0 Å². The van der Waals surface area contributed by atoms with E-state index in [2.05, 4.69) is 19.6 Å². The van der Waals surface area contributed by atoms with Crippen LogP contribution in [0.2, 0.25) is 5.15 Å². The first-order chi connectivity index (χ1) is 11.2. The summed E-state index contributed by atoms with van der Waals surface area (Å²) in [5, 5.41) is 5.33. The van der Waals surface area contributed by atoms with Gasteiger partial charge in [-0.05, 0) is 36.6 Å². The normalized spacial score (nSPS) is 14.5. The predicted octanol–water partition coefficient (Wildman–Crippen LogP) is 2.59. The van der Waals surface area contributed by atoms with Gasteiger partial charge in [-0.3, -0.25) is 4.79 Å². The standard InChI is InChI=1S/C15H14ClN5OS/c1-23-14-18-15-20(8-9-2-5-12(16)17-7-9)11(10-3-4-10)6-13(22)21(15)19-14/h2,5-7,10H,3-4,8H2,1H3. The molecule has 0 spiro atoms. The molecule has 0 aromatic carbocycles. The number of hydrogen-bond donors (Lipinski definition) is 0. The van der Waals surface area contributed by atoms with Crippen LogP contribution in [0.25, 0.3) is 5.78 Å². The van der Waals surface area contributed by atoms with Crippen molar-refractivity contribution in [2.75, 3.05) is 6.26 Å². The maximum absolute atomic E-state index is 12.3. The van der Waals surface area contributed by atoms with Crippen LogP contribution in [0.15, 0.2) is 34.3 Å². The summed E-state index contributed by atoms with van der Waals surface area (Å²) >= 11 is 7.28. The Balaban J connectivity index is 1.89. The van der Waals surface area contributed by atoms with Crippen LogP contribution in [0.1, 0.15) is 30.0 Å². The van der Waals surface area contributed by atoms with E-state index in [0.717, 1.165) is 24.1 Å². The van der Waals surface area contributed by atoms with E-state index in [0.29, 0.717) is 28.5 Å². The molecule has 4 rings (SSSR count). The fourth-order valence-corrected chi connectivity index (χ4v) is 3.09. The number of rotatable bonds is 4. The number of pyridine rings is 1. The third-order valence-electron chi connectivity index (χ3n) is 3.91. The molecule has 0 atom stereocenters. The van der Waals surface area contributed by atoms with Crippen molar-refractivity contribution >= 4 is 29.1 Å². The molecule has 0 aliphatic heterocycles. The van der Waals surface area contributed by atoms with Gasteiger partial charge in [0.25, 0.3) is 5.56 Å². The molecular formula is C15H14ClN5OS. The Labute approximate surface area is 141 Å². The van der Waals surface area contributed by atoms with Crippen molar-refractivity contribution < 1.29 is 0 Å². The minimum absolute atomic E-state index is 0.125. The van der Waals surface area contributed by atoms with Crippen molar-refractivity contribution in [2.45, 2.75) is 30.5 Å². The molecule has 1 aliphatic carbocycles. The van der Waals surface area contributed by atoms with Gasteiger partial charge in [-0.25, -0.2) is 4.98 Å². The molecule has 8 heteroatoms. The molecule has 3 aromatic heterocycles. The molecule has 0 radical (unpaired) electrons. The smallest absolute Gasteiger partial charge is 0.275 e. The van der Waals surface area contributed by atoms with Crippen molar-refractivity contribution in [3.8, 4) is 0 Å². The Bertz CT molecular complexity index is 929. The topological polar surface area (TPSA) is 65.1 Å². The number of hydrogen-bond acceptors (Lipinski definition) is 5. The summed E-state index contributed by atoms with van der Waals surface area (Å²) in [5.41, 5.74) is 1.91. The van der Waals surface area contributed by atoms with Gasteiger partial charge in [0.15, 0.2) is 0 Å². The fraction of sp³-hybridized carbons (Fsp3) is 0.333. The van der Waals surface area contributed by atoms with Crippen LogP contribution in [0, 0.1) is 0 Å². The Morgan fingerprint density at radius 1 is 1.39 bits per heavy atom. The van der Waals surface area contributed by atoms with E-state index >= 15 is 0 Å². The summed E-state index contributed by atoms with van der Waals surface area (Å²) in [4.78, 5) is 21.0.